The smallest absolute Gasteiger partial charge is 0.175 e. The zero-order valence-corrected chi connectivity index (χ0v) is 23.0. The normalized spacial score (nSPS) is 19.4. The number of halogens is 1. The summed E-state index contributed by atoms with van der Waals surface area (Å²) in [4.78, 5) is 9.27. The minimum Gasteiger partial charge on any atom is -0.373 e. The van der Waals surface area contributed by atoms with Crippen LogP contribution in [0, 0.1) is 5.41 Å². The van der Waals surface area contributed by atoms with Crippen molar-refractivity contribution in [2.75, 3.05) is 25.9 Å². The van der Waals surface area contributed by atoms with E-state index in [1.807, 2.05) is 36.4 Å². The molecular weight excluding hydrogens is 514 g/mol. The summed E-state index contributed by atoms with van der Waals surface area (Å²) in [5.41, 5.74) is 2.82. The first-order chi connectivity index (χ1) is 17.1. The summed E-state index contributed by atoms with van der Waals surface area (Å²) in [6.07, 6.45) is 1.87. The number of hydrogen-bond acceptors (Lipinski definition) is 7. The van der Waals surface area contributed by atoms with Gasteiger partial charge in [0, 0.05) is 47.8 Å². The lowest BCUT2D eigenvalue weighted by Gasteiger charge is -2.35. The summed E-state index contributed by atoms with van der Waals surface area (Å²) < 4.78 is 29.9. The van der Waals surface area contributed by atoms with Crippen LogP contribution in [-0.4, -0.2) is 62.8 Å². The molecule has 1 aromatic heterocycles. The highest BCUT2D eigenvalue weighted by molar-refractivity contribution is 7.90. The Hall–Kier alpha value is -2.36. The molecule has 1 aliphatic rings. The average molecular weight is 544 g/mol. The van der Waals surface area contributed by atoms with E-state index in [2.05, 4.69) is 18.7 Å². The molecule has 2 atom stereocenters. The largest absolute Gasteiger partial charge is 0.373 e. The fourth-order valence-corrected chi connectivity index (χ4v) is 6.17. The Kier molecular flexibility index (Phi) is 8.42. The zero-order valence-electron chi connectivity index (χ0n) is 20.6. The number of nitrogens with zero attached hydrogens (tertiary/aromatic N) is 2. The Morgan fingerprint density at radius 3 is 2.53 bits per heavy atom. The number of ether oxygens (including phenoxy) is 1. The van der Waals surface area contributed by atoms with Gasteiger partial charge in [0.05, 0.1) is 33.5 Å². The first kappa shape index (κ1) is 26.7. The maximum absolute atomic E-state index is 12.0. The second-order valence-electron chi connectivity index (χ2n) is 9.21. The quantitative estimate of drug-likeness (QED) is 0.347. The highest BCUT2D eigenvalue weighted by Crippen LogP contribution is 2.32. The van der Waals surface area contributed by atoms with E-state index >= 15 is 0 Å². The Bertz CT molecular complexity index is 1370. The topological polar surface area (TPSA) is 82.8 Å². The van der Waals surface area contributed by atoms with E-state index in [0.29, 0.717) is 29.4 Å². The molecule has 2 heterocycles. The lowest BCUT2D eigenvalue weighted by Crippen LogP contribution is -2.47. The van der Waals surface area contributed by atoms with Gasteiger partial charge in [-0.25, -0.2) is 8.42 Å². The van der Waals surface area contributed by atoms with Gasteiger partial charge in [0.2, 0.25) is 0 Å². The van der Waals surface area contributed by atoms with Crippen molar-refractivity contribution in [1.29, 1.82) is 5.41 Å². The van der Waals surface area contributed by atoms with Crippen molar-refractivity contribution in [2.24, 2.45) is 4.99 Å². The molecule has 4 rings (SSSR count). The van der Waals surface area contributed by atoms with Crippen LogP contribution < -0.4 is 0 Å². The number of thiophene rings is 1. The summed E-state index contributed by atoms with van der Waals surface area (Å²) in [5, 5.41) is 9.32. The lowest BCUT2D eigenvalue weighted by atomic mass is 10.1. The van der Waals surface area contributed by atoms with Crippen LogP contribution in [-0.2, 0) is 14.6 Å². The molecule has 6 nitrogen and oxygen atoms in total. The standard InChI is InChI=1S/C27H30ClN3O3S2/c1-18-15-31(16-19(2)34-18)17-21(29)14-25(30-24-10-5-4-9-23(24)28)27-12-11-26(35-27)20-7-6-8-22(13-20)36(3,32)33/h4-13,18-19,29H,14-17H2,1-3H3. The van der Waals surface area contributed by atoms with Gasteiger partial charge in [0.15, 0.2) is 9.84 Å². The van der Waals surface area contributed by atoms with E-state index in [9.17, 15) is 8.42 Å². The molecule has 2 aromatic carbocycles. The lowest BCUT2D eigenvalue weighted by molar-refractivity contribution is -0.0635. The zero-order chi connectivity index (χ0) is 25.9. The minimum absolute atomic E-state index is 0.139. The van der Waals surface area contributed by atoms with Crippen LogP contribution in [0.3, 0.4) is 0 Å². The maximum atomic E-state index is 12.0. The third-order valence-electron chi connectivity index (χ3n) is 5.84. The SMILES string of the molecule is CC1CN(CC(=N)CC(=Nc2ccccc2Cl)c2ccc(-c3cccc(S(C)(=O)=O)c3)s2)CC(C)O1. The van der Waals surface area contributed by atoms with Gasteiger partial charge in [-0.3, -0.25) is 9.89 Å². The first-order valence-electron chi connectivity index (χ1n) is 11.8. The molecule has 9 heteroatoms. The molecule has 190 valence electrons. The minimum atomic E-state index is -3.30. The summed E-state index contributed by atoms with van der Waals surface area (Å²) in [7, 11) is -3.30. The molecule has 0 amide bonds. The molecule has 1 N–H and O–H groups in total. The highest BCUT2D eigenvalue weighted by atomic mass is 35.5. The fourth-order valence-electron chi connectivity index (χ4n) is 4.34. The second-order valence-corrected chi connectivity index (χ2v) is 12.7. The number of aliphatic imine (C=N–C) groups is 1. The third-order valence-corrected chi connectivity index (χ3v) is 8.45. The molecule has 1 aliphatic heterocycles. The molecule has 0 bridgehead atoms. The number of nitrogens with one attached hydrogen (secondary N) is 1. The van der Waals surface area contributed by atoms with Gasteiger partial charge in [-0.2, -0.15) is 0 Å². The van der Waals surface area contributed by atoms with Crippen molar-refractivity contribution in [3.05, 3.63) is 70.6 Å². The van der Waals surface area contributed by atoms with Gasteiger partial charge < -0.3 is 10.1 Å². The average Bonchev–Trinajstić information content (AvgIpc) is 3.29. The van der Waals surface area contributed by atoms with Crippen molar-refractivity contribution < 1.29 is 13.2 Å². The van der Waals surface area contributed by atoms with Crippen LogP contribution >= 0.6 is 22.9 Å². The van der Waals surface area contributed by atoms with Crippen LogP contribution in [0.2, 0.25) is 5.02 Å². The predicted molar refractivity (Wildman–Crippen MR) is 149 cm³/mol. The Labute approximate surface area is 222 Å². The summed E-state index contributed by atoms with van der Waals surface area (Å²) in [6, 6.07) is 18.3. The molecule has 1 saturated heterocycles. The van der Waals surface area contributed by atoms with Gasteiger partial charge in [-0.1, -0.05) is 35.9 Å². The van der Waals surface area contributed by atoms with E-state index < -0.39 is 9.84 Å². The molecule has 1 fully saturated rings. The van der Waals surface area contributed by atoms with Gasteiger partial charge in [0.25, 0.3) is 0 Å². The molecular formula is C27H30ClN3O3S2. The van der Waals surface area contributed by atoms with E-state index in [1.165, 1.54) is 17.6 Å². The number of sulfone groups is 1. The van der Waals surface area contributed by atoms with Crippen molar-refractivity contribution in [2.45, 2.75) is 37.4 Å². The van der Waals surface area contributed by atoms with E-state index in [1.54, 1.807) is 24.3 Å². The summed E-state index contributed by atoms with van der Waals surface area (Å²) in [5.74, 6) is 0. The molecule has 3 aromatic rings. The number of rotatable bonds is 8. The molecule has 36 heavy (non-hydrogen) atoms. The number of morpholine rings is 1. The van der Waals surface area contributed by atoms with Crippen LogP contribution in [0.25, 0.3) is 10.4 Å². The predicted octanol–water partition coefficient (Wildman–Crippen LogP) is 6.11. The van der Waals surface area contributed by atoms with E-state index in [-0.39, 0.29) is 17.1 Å². The van der Waals surface area contributed by atoms with Crippen LogP contribution in [0.15, 0.2) is 70.6 Å². The molecule has 0 aliphatic carbocycles. The van der Waals surface area contributed by atoms with Gasteiger partial charge in [-0.05, 0) is 55.8 Å². The number of benzene rings is 2. The van der Waals surface area contributed by atoms with E-state index in [4.69, 9.17) is 26.7 Å². The van der Waals surface area contributed by atoms with Crippen LogP contribution in [0.5, 0.6) is 0 Å². The second kappa shape index (κ2) is 11.4. The molecule has 0 radical (unpaired) electrons. The van der Waals surface area contributed by atoms with Crippen LogP contribution in [0.1, 0.15) is 25.1 Å². The van der Waals surface area contributed by atoms with Crippen molar-refractivity contribution in [3.63, 3.8) is 0 Å². The molecule has 2 unspecified atom stereocenters. The van der Waals surface area contributed by atoms with Crippen molar-refractivity contribution in [1.82, 2.24) is 4.90 Å². The first-order valence-corrected chi connectivity index (χ1v) is 14.8. The van der Waals surface area contributed by atoms with Crippen molar-refractivity contribution in [3.8, 4) is 10.4 Å². The van der Waals surface area contributed by atoms with Crippen molar-refractivity contribution >= 4 is 49.9 Å². The Morgan fingerprint density at radius 1 is 1.11 bits per heavy atom. The number of para-hydroxylation sites is 1. The third kappa shape index (κ3) is 6.89. The van der Waals surface area contributed by atoms with E-state index in [0.717, 1.165) is 34.1 Å². The molecule has 0 spiro atoms. The Morgan fingerprint density at radius 2 is 1.83 bits per heavy atom. The highest BCUT2D eigenvalue weighted by Gasteiger charge is 2.23. The van der Waals surface area contributed by atoms with Gasteiger partial charge in [-0.15, -0.1) is 11.3 Å². The Balaban J connectivity index is 1.62. The fraction of sp³-hybridized carbons (Fsp3) is 0.333. The van der Waals surface area contributed by atoms with Crippen LogP contribution in [0.4, 0.5) is 5.69 Å². The van der Waals surface area contributed by atoms with Gasteiger partial charge in [0.1, 0.15) is 0 Å². The number of hydrogen-bond donors (Lipinski definition) is 1. The summed E-state index contributed by atoms with van der Waals surface area (Å²) in [6.45, 7) is 6.26. The maximum Gasteiger partial charge on any atom is 0.175 e. The van der Waals surface area contributed by atoms with Gasteiger partial charge >= 0.3 is 0 Å². The molecule has 0 saturated carbocycles. The summed E-state index contributed by atoms with van der Waals surface area (Å²) >= 11 is 7.93. The monoisotopic (exact) mass is 543 g/mol.